The van der Waals surface area contributed by atoms with E-state index < -0.39 is 0 Å². The van der Waals surface area contributed by atoms with Crippen molar-refractivity contribution in [2.24, 2.45) is 0 Å². The van der Waals surface area contributed by atoms with Crippen molar-refractivity contribution in [2.45, 2.75) is 33.1 Å². The lowest BCUT2D eigenvalue weighted by Gasteiger charge is -2.18. The molecule has 2 heteroatoms. The molecular weight excluding hydrogens is 244 g/mol. The summed E-state index contributed by atoms with van der Waals surface area (Å²) < 4.78 is 0. The SMILES string of the molecule is C#CC#CC#CC.CC(C)(C)c1cccc(C#N)c1.N. The van der Waals surface area contributed by atoms with Crippen molar-refractivity contribution in [1.29, 1.82) is 5.26 Å². The molecule has 0 saturated carbocycles. The number of nitrogens with zero attached hydrogens (tertiary/aromatic N) is 1. The van der Waals surface area contributed by atoms with Gasteiger partial charge in [0.2, 0.25) is 0 Å². The Morgan fingerprint density at radius 1 is 1.10 bits per heavy atom. The highest BCUT2D eigenvalue weighted by molar-refractivity contribution is 5.35. The molecule has 102 valence electrons. The van der Waals surface area contributed by atoms with E-state index in [-0.39, 0.29) is 11.6 Å². The van der Waals surface area contributed by atoms with Crippen LogP contribution in [0.5, 0.6) is 0 Å². The summed E-state index contributed by atoms with van der Waals surface area (Å²) in [6, 6.07) is 9.90. The standard InChI is InChI=1S/C11H13N.C7H4.H3N/c1-11(2,3)10-6-4-5-9(7-10)8-12;1-3-5-7-6-4-2;/h4-7H,1-3H3;1H,2H3;1H3. The smallest absolute Gasteiger partial charge is 0.0991 e. The summed E-state index contributed by atoms with van der Waals surface area (Å²) in [5, 5.41) is 8.68. The second-order valence-electron chi connectivity index (χ2n) is 4.71. The Bertz CT molecular complexity index is 612. The number of benzene rings is 1. The predicted octanol–water partition coefficient (Wildman–Crippen LogP) is 3.66. The molecule has 0 aliphatic rings. The molecule has 0 heterocycles. The van der Waals surface area contributed by atoms with Gasteiger partial charge in [0.15, 0.2) is 0 Å². The van der Waals surface area contributed by atoms with Crippen LogP contribution in [0.1, 0.15) is 38.8 Å². The number of hydrogen-bond acceptors (Lipinski definition) is 2. The zero-order valence-corrected chi connectivity index (χ0v) is 12.5. The van der Waals surface area contributed by atoms with Crippen molar-refractivity contribution >= 4 is 0 Å². The molecule has 2 nitrogen and oxygen atoms in total. The Balaban J connectivity index is 0. The van der Waals surface area contributed by atoms with Crippen LogP contribution in [0.15, 0.2) is 24.3 Å². The summed E-state index contributed by atoms with van der Waals surface area (Å²) in [5.41, 5.74) is 2.08. The lowest BCUT2D eigenvalue weighted by atomic mass is 9.86. The van der Waals surface area contributed by atoms with E-state index in [9.17, 15) is 0 Å². The van der Waals surface area contributed by atoms with Gasteiger partial charge in [-0.1, -0.05) is 38.8 Å². The van der Waals surface area contributed by atoms with Gasteiger partial charge in [-0.2, -0.15) is 5.26 Å². The van der Waals surface area contributed by atoms with Crippen LogP contribution >= 0.6 is 0 Å². The molecule has 0 radical (unpaired) electrons. The molecule has 1 aromatic carbocycles. The predicted molar refractivity (Wildman–Crippen MR) is 84.9 cm³/mol. The minimum atomic E-state index is 0. The maximum atomic E-state index is 8.68. The zero-order chi connectivity index (χ0) is 14.7. The molecular formula is C18H20N2. The van der Waals surface area contributed by atoms with Gasteiger partial charge in [-0.15, -0.1) is 6.42 Å². The van der Waals surface area contributed by atoms with Crippen molar-refractivity contribution < 1.29 is 0 Å². The quantitative estimate of drug-likeness (QED) is 0.727. The molecule has 0 amide bonds. The topological polar surface area (TPSA) is 58.8 Å². The number of nitriles is 1. The van der Waals surface area contributed by atoms with Crippen LogP contribution in [0.4, 0.5) is 0 Å². The fourth-order valence-corrected chi connectivity index (χ4v) is 1.19. The second-order valence-corrected chi connectivity index (χ2v) is 4.71. The molecule has 0 saturated heterocycles. The Morgan fingerprint density at radius 2 is 1.75 bits per heavy atom. The third-order valence-electron chi connectivity index (χ3n) is 2.18. The maximum Gasteiger partial charge on any atom is 0.0991 e. The minimum Gasteiger partial charge on any atom is -0.344 e. The van der Waals surface area contributed by atoms with Crippen molar-refractivity contribution in [3.8, 4) is 42.1 Å². The van der Waals surface area contributed by atoms with Gasteiger partial charge in [0, 0.05) is 0 Å². The van der Waals surface area contributed by atoms with Gasteiger partial charge in [0.25, 0.3) is 0 Å². The van der Waals surface area contributed by atoms with E-state index in [1.165, 1.54) is 5.56 Å². The molecule has 0 spiro atoms. The molecule has 0 aromatic heterocycles. The van der Waals surface area contributed by atoms with Gasteiger partial charge in [0.1, 0.15) is 0 Å². The summed E-state index contributed by atoms with van der Waals surface area (Å²) in [4.78, 5) is 0. The summed E-state index contributed by atoms with van der Waals surface area (Å²) in [6.45, 7) is 8.14. The van der Waals surface area contributed by atoms with Gasteiger partial charge in [0.05, 0.1) is 11.6 Å². The lowest BCUT2D eigenvalue weighted by molar-refractivity contribution is 0.590. The summed E-state index contributed by atoms with van der Waals surface area (Å²) in [5.74, 6) is 12.0. The first-order valence-electron chi connectivity index (χ1n) is 5.83. The van der Waals surface area contributed by atoms with Crippen LogP contribution in [0.25, 0.3) is 0 Å². The van der Waals surface area contributed by atoms with Crippen LogP contribution < -0.4 is 6.15 Å². The molecule has 0 bridgehead atoms. The van der Waals surface area contributed by atoms with Gasteiger partial charge in [-0.3, -0.25) is 0 Å². The van der Waals surface area contributed by atoms with Crippen LogP contribution in [0.3, 0.4) is 0 Å². The molecule has 3 N–H and O–H groups in total. The van der Waals surface area contributed by atoms with Gasteiger partial charge in [-0.25, -0.2) is 0 Å². The third kappa shape index (κ3) is 8.44. The van der Waals surface area contributed by atoms with E-state index in [0.717, 1.165) is 5.56 Å². The highest BCUT2D eigenvalue weighted by Gasteiger charge is 2.12. The lowest BCUT2D eigenvalue weighted by Crippen LogP contribution is -2.10. The largest absolute Gasteiger partial charge is 0.344 e. The van der Waals surface area contributed by atoms with E-state index in [1.807, 2.05) is 18.2 Å². The second kappa shape index (κ2) is 10.3. The molecule has 1 aromatic rings. The van der Waals surface area contributed by atoms with Gasteiger partial charge < -0.3 is 6.15 Å². The normalized spacial score (nSPS) is 7.70. The highest BCUT2D eigenvalue weighted by Crippen LogP contribution is 2.22. The first kappa shape index (κ1) is 19.7. The highest BCUT2D eigenvalue weighted by atomic mass is 14.2. The van der Waals surface area contributed by atoms with E-state index >= 15 is 0 Å². The monoisotopic (exact) mass is 264 g/mol. The third-order valence-corrected chi connectivity index (χ3v) is 2.18. The molecule has 0 fully saturated rings. The molecule has 0 atom stereocenters. The summed E-state index contributed by atoms with van der Waals surface area (Å²) >= 11 is 0. The van der Waals surface area contributed by atoms with Gasteiger partial charge >= 0.3 is 0 Å². The molecule has 0 unspecified atom stereocenters. The maximum absolute atomic E-state index is 8.68. The first-order valence-corrected chi connectivity index (χ1v) is 5.83. The number of hydrogen-bond donors (Lipinski definition) is 1. The summed E-state index contributed by atoms with van der Waals surface area (Å²) in [6.07, 6.45) is 4.78. The number of rotatable bonds is 0. The van der Waals surface area contributed by atoms with Crippen LogP contribution in [-0.4, -0.2) is 0 Å². The van der Waals surface area contributed by atoms with Crippen molar-refractivity contribution in [3.05, 3.63) is 35.4 Å². The average molecular weight is 264 g/mol. The van der Waals surface area contributed by atoms with E-state index in [1.54, 1.807) is 6.92 Å². The van der Waals surface area contributed by atoms with E-state index in [0.29, 0.717) is 0 Å². The molecule has 1 rings (SSSR count). The Morgan fingerprint density at radius 3 is 2.20 bits per heavy atom. The van der Waals surface area contributed by atoms with Crippen LogP contribution in [0, 0.1) is 47.4 Å². The van der Waals surface area contributed by atoms with E-state index in [2.05, 4.69) is 62.5 Å². The molecule has 0 aliphatic heterocycles. The Kier molecular flexibility index (Phi) is 10.1. The van der Waals surface area contributed by atoms with Crippen molar-refractivity contribution in [2.75, 3.05) is 0 Å². The fourth-order valence-electron chi connectivity index (χ4n) is 1.19. The average Bonchev–Trinajstić information content (AvgIpc) is 2.39. The zero-order valence-electron chi connectivity index (χ0n) is 12.5. The van der Waals surface area contributed by atoms with Crippen molar-refractivity contribution in [3.63, 3.8) is 0 Å². The van der Waals surface area contributed by atoms with Crippen molar-refractivity contribution in [1.82, 2.24) is 6.15 Å². The van der Waals surface area contributed by atoms with E-state index in [4.69, 9.17) is 11.7 Å². The Labute approximate surface area is 122 Å². The molecule has 0 aliphatic carbocycles. The van der Waals surface area contributed by atoms with Crippen LogP contribution in [0.2, 0.25) is 0 Å². The summed E-state index contributed by atoms with van der Waals surface area (Å²) in [7, 11) is 0. The Hall–Kier alpha value is -2.65. The van der Waals surface area contributed by atoms with Crippen LogP contribution in [-0.2, 0) is 5.41 Å². The fraction of sp³-hybridized carbons (Fsp3) is 0.278. The minimum absolute atomic E-state index is 0. The molecule has 20 heavy (non-hydrogen) atoms. The first-order chi connectivity index (χ1) is 8.95. The van der Waals surface area contributed by atoms with Gasteiger partial charge in [-0.05, 0) is 53.7 Å². The number of terminal acetylenes is 1.